The van der Waals surface area contributed by atoms with E-state index in [-0.39, 0.29) is 11.2 Å². The van der Waals surface area contributed by atoms with Crippen LogP contribution in [0.4, 0.5) is 0 Å². The number of aromatic amines is 1. The van der Waals surface area contributed by atoms with Crippen LogP contribution >= 0.6 is 0 Å². The van der Waals surface area contributed by atoms with Crippen LogP contribution in [0.1, 0.15) is 31.7 Å². The average Bonchev–Trinajstić information content (AvgIpc) is 2.85. The fourth-order valence-electron chi connectivity index (χ4n) is 2.44. The number of likely N-dealkylation sites (tertiary alicyclic amines) is 1. The molecule has 2 heterocycles. The SMILES string of the molecule is CCc1cn(CCCN2CCCC2)c(=O)[nH]c1=O. The minimum atomic E-state index is -0.293. The molecule has 1 fully saturated rings. The van der Waals surface area contributed by atoms with Crippen molar-refractivity contribution in [1.29, 1.82) is 0 Å². The van der Waals surface area contributed by atoms with Crippen molar-refractivity contribution in [2.24, 2.45) is 0 Å². The minimum Gasteiger partial charge on any atom is -0.303 e. The third-order valence-corrected chi connectivity index (χ3v) is 3.54. The van der Waals surface area contributed by atoms with Gasteiger partial charge in [-0.15, -0.1) is 0 Å². The van der Waals surface area contributed by atoms with Crippen LogP contribution in [0.2, 0.25) is 0 Å². The van der Waals surface area contributed by atoms with Gasteiger partial charge in [0, 0.05) is 18.3 Å². The largest absolute Gasteiger partial charge is 0.328 e. The van der Waals surface area contributed by atoms with E-state index < -0.39 is 0 Å². The lowest BCUT2D eigenvalue weighted by atomic mass is 10.2. The number of hydrogen-bond acceptors (Lipinski definition) is 3. The van der Waals surface area contributed by atoms with Crippen LogP contribution in [-0.2, 0) is 13.0 Å². The van der Waals surface area contributed by atoms with Gasteiger partial charge in [0.1, 0.15) is 0 Å². The molecule has 0 bridgehead atoms. The summed E-state index contributed by atoms with van der Waals surface area (Å²) in [6, 6.07) is 0. The van der Waals surface area contributed by atoms with Gasteiger partial charge in [0.2, 0.25) is 0 Å². The van der Waals surface area contributed by atoms with Crippen LogP contribution in [0, 0.1) is 0 Å². The van der Waals surface area contributed by atoms with Crippen molar-refractivity contribution < 1.29 is 0 Å². The molecule has 5 heteroatoms. The molecule has 1 aliphatic heterocycles. The Hall–Kier alpha value is -1.36. The quantitative estimate of drug-likeness (QED) is 0.833. The summed E-state index contributed by atoms with van der Waals surface area (Å²) in [7, 11) is 0. The first-order valence-corrected chi connectivity index (χ1v) is 6.75. The molecule has 0 radical (unpaired) electrons. The molecule has 1 aliphatic rings. The summed E-state index contributed by atoms with van der Waals surface area (Å²) in [4.78, 5) is 27.9. The van der Waals surface area contributed by atoms with E-state index in [0.717, 1.165) is 13.0 Å². The summed E-state index contributed by atoms with van der Waals surface area (Å²) < 4.78 is 1.62. The van der Waals surface area contributed by atoms with E-state index in [4.69, 9.17) is 0 Å². The first-order valence-electron chi connectivity index (χ1n) is 6.75. The maximum atomic E-state index is 11.6. The second-order valence-corrected chi connectivity index (χ2v) is 4.86. The molecular weight excluding hydrogens is 230 g/mol. The number of rotatable bonds is 5. The number of hydrogen-bond donors (Lipinski definition) is 1. The van der Waals surface area contributed by atoms with E-state index >= 15 is 0 Å². The van der Waals surface area contributed by atoms with Gasteiger partial charge in [-0.05, 0) is 45.3 Å². The van der Waals surface area contributed by atoms with Gasteiger partial charge in [-0.25, -0.2) is 4.79 Å². The summed E-state index contributed by atoms with van der Waals surface area (Å²) in [6.45, 7) is 6.00. The third-order valence-electron chi connectivity index (χ3n) is 3.54. The fourth-order valence-corrected chi connectivity index (χ4v) is 2.44. The van der Waals surface area contributed by atoms with Crippen molar-refractivity contribution in [3.8, 4) is 0 Å². The maximum absolute atomic E-state index is 11.6. The molecule has 100 valence electrons. The molecule has 1 aromatic rings. The van der Waals surface area contributed by atoms with Crippen molar-refractivity contribution in [3.63, 3.8) is 0 Å². The Balaban J connectivity index is 1.96. The highest BCUT2D eigenvalue weighted by atomic mass is 16.2. The molecule has 1 saturated heterocycles. The lowest BCUT2D eigenvalue weighted by molar-refractivity contribution is 0.324. The van der Waals surface area contributed by atoms with Crippen molar-refractivity contribution in [2.75, 3.05) is 19.6 Å². The lowest BCUT2D eigenvalue weighted by Gasteiger charge is -2.14. The number of aromatic nitrogens is 2. The highest BCUT2D eigenvalue weighted by Crippen LogP contribution is 2.07. The van der Waals surface area contributed by atoms with Crippen LogP contribution in [0.3, 0.4) is 0 Å². The smallest absolute Gasteiger partial charge is 0.303 e. The molecule has 0 aliphatic carbocycles. The molecule has 1 aromatic heterocycles. The van der Waals surface area contributed by atoms with E-state index in [2.05, 4.69) is 9.88 Å². The molecule has 0 atom stereocenters. The molecule has 2 rings (SSSR count). The van der Waals surface area contributed by atoms with Crippen molar-refractivity contribution in [1.82, 2.24) is 14.5 Å². The molecule has 0 saturated carbocycles. The summed E-state index contributed by atoms with van der Waals surface area (Å²) in [5.74, 6) is 0. The van der Waals surface area contributed by atoms with Gasteiger partial charge in [0.25, 0.3) is 5.56 Å². The van der Waals surface area contributed by atoms with Crippen LogP contribution in [0.15, 0.2) is 15.8 Å². The molecule has 0 amide bonds. The zero-order chi connectivity index (χ0) is 13.0. The fraction of sp³-hybridized carbons (Fsp3) is 0.692. The maximum Gasteiger partial charge on any atom is 0.328 e. The van der Waals surface area contributed by atoms with E-state index in [1.807, 2.05) is 6.92 Å². The Morgan fingerprint density at radius 2 is 1.94 bits per heavy atom. The Labute approximate surface area is 106 Å². The highest BCUT2D eigenvalue weighted by molar-refractivity contribution is 5.03. The Bertz CT molecular complexity index is 498. The first-order chi connectivity index (χ1) is 8.70. The van der Waals surface area contributed by atoms with E-state index in [9.17, 15) is 9.59 Å². The zero-order valence-electron chi connectivity index (χ0n) is 10.9. The van der Waals surface area contributed by atoms with Crippen molar-refractivity contribution in [2.45, 2.75) is 39.2 Å². The van der Waals surface area contributed by atoms with E-state index in [1.54, 1.807) is 10.8 Å². The zero-order valence-corrected chi connectivity index (χ0v) is 10.9. The van der Waals surface area contributed by atoms with Crippen LogP contribution < -0.4 is 11.2 Å². The third kappa shape index (κ3) is 3.10. The predicted octanol–water partition coefficient (Wildman–Crippen LogP) is 0.585. The normalized spacial score (nSPS) is 16.3. The Morgan fingerprint density at radius 3 is 2.61 bits per heavy atom. The molecule has 0 unspecified atom stereocenters. The van der Waals surface area contributed by atoms with Crippen molar-refractivity contribution >= 4 is 0 Å². The van der Waals surface area contributed by atoms with Crippen LogP contribution in [0.25, 0.3) is 0 Å². The summed E-state index contributed by atoms with van der Waals surface area (Å²) in [6.07, 6.45) is 5.89. The van der Waals surface area contributed by atoms with Gasteiger partial charge in [-0.2, -0.15) is 0 Å². The summed E-state index contributed by atoms with van der Waals surface area (Å²) >= 11 is 0. The number of nitrogens with one attached hydrogen (secondary N) is 1. The van der Waals surface area contributed by atoms with Crippen LogP contribution in [-0.4, -0.2) is 34.1 Å². The average molecular weight is 251 g/mol. The molecular formula is C13H21N3O2. The van der Waals surface area contributed by atoms with Gasteiger partial charge in [-0.1, -0.05) is 6.92 Å². The van der Waals surface area contributed by atoms with Gasteiger partial charge >= 0.3 is 5.69 Å². The summed E-state index contributed by atoms with van der Waals surface area (Å²) in [5, 5.41) is 0. The van der Waals surface area contributed by atoms with Gasteiger partial charge in [0.05, 0.1) is 0 Å². The molecule has 0 spiro atoms. The monoisotopic (exact) mass is 251 g/mol. The lowest BCUT2D eigenvalue weighted by Crippen LogP contribution is -2.32. The second-order valence-electron chi connectivity index (χ2n) is 4.86. The first kappa shape index (κ1) is 13.1. The second kappa shape index (κ2) is 6.00. The summed E-state index contributed by atoms with van der Waals surface area (Å²) in [5.41, 5.74) is 0.132. The van der Waals surface area contributed by atoms with Crippen LogP contribution in [0.5, 0.6) is 0 Å². The van der Waals surface area contributed by atoms with Gasteiger partial charge in [0.15, 0.2) is 0 Å². The van der Waals surface area contributed by atoms with Crippen molar-refractivity contribution in [3.05, 3.63) is 32.6 Å². The molecule has 0 aromatic carbocycles. The minimum absolute atomic E-state index is 0.252. The van der Waals surface area contributed by atoms with E-state index in [0.29, 0.717) is 18.5 Å². The predicted molar refractivity (Wildman–Crippen MR) is 71.0 cm³/mol. The molecule has 5 nitrogen and oxygen atoms in total. The van der Waals surface area contributed by atoms with Gasteiger partial charge < -0.3 is 9.47 Å². The van der Waals surface area contributed by atoms with E-state index in [1.165, 1.54) is 25.9 Å². The Kier molecular flexibility index (Phi) is 4.36. The number of aryl methyl sites for hydroxylation is 2. The number of H-pyrrole nitrogens is 1. The standard InChI is InChI=1S/C13H21N3O2/c1-2-11-10-16(13(18)14-12(11)17)9-5-8-15-6-3-4-7-15/h10H,2-9H2,1H3,(H,14,17,18). The van der Waals surface area contributed by atoms with Gasteiger partial charge in [-0.3, -0.25) is 9.78 Å². The Morgan fingerprint density at radius 1 is 1.22 bits per heavy atom. The number of nitrogens with zero attached hydrogens (tertiary/aromatic N) is 2. The topological polar surface area (TPSA) is 58.1 Å². The molecule has 18 heavy (non-hydrogen) atoms. The molecule has 1 N–H and O–H groups in total. The highest BCUT2D eigenvalue weighted by Gasteiger charge is 2.10.